The highest BCUT2D eigenvalue weighted by molar-refractivity contribution is 7.89. The first-order chi connectivity index (χ1) is 12.1. The molecule has 0 bridgehead atoms. The van der Waals surface area contributed by atoms with Crippen LogP contribution in [-0.4, -0.2) is 45.2 Å². The lowest BCUT2D eigenvalue weighted by Gasteiger charge is -2.13. The predicted molar refractivity (Wildman–Crippen MR) is 93.3 cm³/mol. The fourth-order valence-electron chi connectivity index (χ4n) is 1.99. The van der Waals surface area contributed by atoms with Crippen molar-refractivity contribution in [2.75, 3.05) is 20.7 Å². The third-order valence-electron chi connectivity index (χ3n) is 3.42. The molecule has 9 heteroatoms. The van der Waals surface area contributed by atoms with Crippen molar-refractivity contribution < 1.29 is 27.1 Å². The Morgan fingerprint density at radius 3 is 2.46 bits per heavy atom. The SMILES string of the molecule is CN(C)S(=O)(=O)c1ccc(Cl)c(C(=O)OCC(=O)c2cccc(F)c2)c1. The number of carbonyl (C=O) groups excluding carboxylic acids is 2. The molecule has 0 N–H and O–H groups in total. The van der Waals surface area contributed by atoms with Crippen molar-refractivity contribution in [2.45, 2.75) is 4.90 Å². The lowest BCUT2D eigenvalue weighted by molar-refractivity contribution is 0.0474. The molecular formula is C17H15ClFNO5S. The van der Waals surface area contributed by atoms with E-state index >= 15 is 0 Å². The summed E-state index contributed by atoms with van der Waals surface area (Å²) in [7, 11) is -1.08. The maximum atomic E-state index is 13.1. The quantitative estimate of drug-likeness (QED) is 0.551. The van der Waals surface area contributed by atoms with Gasteiger partial charge in [-0.25, -0.2) is 21.9 Å². The molecule has 2 aromatic carbocycles. The number of rotatable bonds is 6. The van der Waals surface area contributed by atoms with E-state index in [1.165, 1.54) is 44.4 Å². The van der Waals surface area contributed by atoms with Crippen molar-refractivity contribution in [3.05, 3.63) is 64.4 Å². The molecule has 6 nitrogen and oxygen atoms in total. The third-order valence-corrected chi connectivity index (χ3v) is 5.56. The monoisotopic (exact) mass is 399 g/mol. The first kappa shape index (κ1) is 20.0. The summed E-state index contributed by atoms with van der Waals surface area (Å²) in [5, 5.41) is -0.0223. The minimum absolute atomic E-state index is 0.0223. The van der Waals surface area contributed by atoms with Gasteiger partial charge in [-0.15, -0.1) is 0 Å². The van der Waals surface area contributed by atoms with E-state index in [1.54, 1.807) is 0 Å². The summed E-state index contributed by atoms with van der Waals surface area (Å²) in [4.78, 5) is 24.0. The van der Waals surface area contributed by atoms with Crippen molar-refractivity contribution in [2.24, 2.45) is 0 Å². The molecule has 0 radical (unpaired) electrons. The van der Waals surface area contributed by atoms with Crippen molar-refractivity contribution in [3.63, 3.8) is 0 Å². The smallest absolute Gasteiger partial charge is 0.340 e. The predicted octanol–water partition coefficient (Wildman–Crippen LogP) is 2.77. The molecule has 2 rings (SSSR count). The second-order valence-corrected chi connectivity index (χ2v) is 8.00. The number of esters is 1. The van der Waals surface area contributed by atoms with Gasteiger partial charge in [0.25, 0.3) is 0 Å². The van der Waals surface area contributed by atoms with Crippen LogP contribution in [0.3, 0.4) is 0 Å². The average molecular weight is 400 g/mol. The molecule has 0 spiro atoms. The van der Waals surface area contributed by atoms with Crippen LogP contribution in [-0.2, 0) is 14.8 Å². The van der Waals surface area contributed by atoms with Crippen molar-refractivity contribution in [1.29, 1.82) is 0 Å². The van der Waals surface area contributed by atoms with Gasteiger partial charge in [0.15, 0.2) is 12.4 Å². The van der Waals surface area contributed by atoms with Gasteiger partial charge < -0.3 is 4.74 Å². The second-order valence-electron chi connectivity index (χ2n) is 5.44. The Balaban J connectivity index is 2.18. The molecule has 0 fully saturated rings. The minimum atomic E-state index is -3.77. The average Bonchev–Trinajstić information content (AvgIpc) is 2.59. The van der Waals surface area contributed by atoms with E-state index in [0.29, 0.717) is 0 Å². The molecule has 138 valence electrons. The molecule has 26 heavy (non-hydrogen) atoms. The van der Waals surface area contributed by atoms with Gasteiger partial charge in [-0.3, -0.25) is 4.79 Å². The molecule has 0 aliphatic rings. The maximum absolute atomic E-state index is 13.1. The highest BCUT2D eigenvalue weighted by Crippen LogP contribution is 2.23. The molecule has 0 heterocycles. The van der Waals surface area contributed by atoms with Crippen LogP contribution in [0.1, 0.15) is 20.7 Å². The van der Waals surface area contributed by atoms with Gasteiger partial charge in [0.1, 0.15) is 5.82 Å². The standard InChI is InChI=1S/C17H15ClFNO5S/c1-20(2)26(23,24)13-6-7-15(18)14(9-13)17(22)25-10-16(21)11-4-3-5-12(19)8-11/h3-9H,10H2,1-2H3. The van der Waals surface area contributed by atoms with Gasteiger partial charge in [-0.2, -0.15) is 0 Å². The van der Waals surface area contributed by atoms with E-state index < -0.39 is 34.2 Å². The zero-order valence-corrected chi connectivity index (χ0v) is 15.5. The van der Waals surface area contributed by atoms with Gasteiger partial charge in [0.2, 0.25) is 10.0 Å². The van der Waals surface area contributed by atoms with E-state index in [-0.39, 0.29) is 21.0 Å². The zero-order chi connectivity index (χ0) is 19.5. The summed E-state index contributed by atoms with van der Waals surface area (Å²) in [6, 6.07) is 8.53. The molecular weight excluding hydrogens is 385 g/mol. The number of Topliss-reactive ketones (excluding diaryl/α,β-unsaturated/α-hetero) is 1. The maximum Gasteiger partial charge on any atom is 0.340 e. The molecule has 0 amide bonds. The third kappa shape index (κ3) is 4.46. The van der Waals surface area contributed by atoms with E-state index in [4.69, 9.17) is 16.3 Å². The minimum Gasteiger partial charge on any atom is -0.454 e. The van der Waals surface area contributed by atoms with Crippen LogP contribution >= 0.6 is 11.6 Å². The number of carbonyl (C=O) groups is 2. The number of ketones is 1. The van der Waals surface area contributed by atoms with E-state index in [2.05, 4.69) is 0 Å². The molecule has 0 aliphatic carbocycles. The number of ether oxygens (including phenoxy) is 1. The lowest BCUT2D eigenvalue weighted by Crippen LogP contribution is -2.22. The molecule has 0 aliphatic heterocycles. The summed E-state index contributed by atoms with van der Waals surface area (Å²) >= 11 is 5.93. The highest BCUT2D eigenvalue weighted by atomic mass is 35.5. The van der Waals surface area contributed by atoms with Crippen LogP contribution in [0.4, 0.5) is 4.39 Å². The number of hydrogen-bond acceptors (Lipinski definition) is 5. The first-order valence-corrected chi connectivity index (χ1v) is 9.12. The van der Waals surface area contributed by atoms with Crippen molar-refractivity contribution >= 4 is 33.4 Å². The Labute approximate surface area is 155 Å². The summed E-state index contributed by atoms with van der Waals surface area (Å²) < 4.78 is 43.3. The van der Waals surface area contributed by atoms with E-state index in [9.17, 15) is 22.4 Å². The van der Waals surface area contributed by atoms with Gasteiger partial charge in [0.05, 0.1) is 15.5 Å². The van der Waals surface area contributed by atoms with Crippen molar-refractivity contribution in [1.82, 2.24) is 4.31 Å². The highest BCUT2D eigenvalue weighted by Gasteiger charge is 2.22. The van der Waals surface area contributed by atoms with Crippen LogP contribution < -0.4 is 0 Å². The van der Waals surface area contributed by atoms with Gasteiger partial charge in [0, 0.05) is 19.7 Å². The number of halogens is 2. The summed E-state index contributed by atoms with van der Waals surface area (Å²) in [5.41, 5.74) is -0.144. The topological polar surface area (TPSA) is 80.8 Å². The Hall–Kier alpha value is -2.29. The fraction of sp³-hybridized carbons (Fsp3) is 0.176. The van der Waals surface area contributed by atoms with Crippen LogP contribution in [0, 0.1) is 5.82 Å². The Morgan fingerprint density at radius 2 is 1.85 bits per heavy atom. The summed E-state index contributed by atoms with van der Waals surface area (Å²) in [6.45, 7) is -0.636. The summed E-state index contributed by atoms with van der Waals surface area (Å²) in [5.74, 6) is -2.16. The number of hydrogen-bond donors (Lipinski definition) is 0. The molecule has 2 aromatic rings. The fourth-order valence-corrected chi connectivity index (χ4v) is 3.11. The molecule has 0 aromatic heterocycles. The van der Waals surface area contributed by atoms with Crippen LogP contribution in [0.15, 0.2) is 47.4 Å². The zero-order valence-electron chi connectivity index (χ0n) is 13.9. The van der Waals surface area contributed by atoms with E-state index in [0.717, 1.165) is 16.4 Å². The largest absolute Gasteiger partial charge is 0.454 e. The number of nitrogens with zero attached hydrogens (tertiary/aromatic N) is 1. The molecule has 0 atom stereocenters. The Bertz CT molecular complexity index is 959. The Kier molecular flexibility index (Phi) is 6.12. The van der Waals surface area contributed by atoms with Gasteiger partial charge >= 0.3 is 5.97 Å². The lowest BCUT2D eigenvalue weighted by atomic mass is 10.1. The summed E-state index contributed by atoms with van der Waals surface area (Å²) in [6.07, 6.45) is 0. The van der Waals surface area contributed by atoms with Crippen molar-refractivity contribution in [3.8, 4) is 0 Å². The van der Waals surface area contributed by atoms with Gasteiger partial charge in [-0.05, 0) is 30.3 Å². The van der Waals surface area contributed by atoms with E-state index in [1.807, 2.05) is 0 Å². The molecule has 0 saturated carbocycles. The molecule has 0 unspecified atom stereocenters. The van der Waals surface area contributed by atoms with Crippen LogP contribution in [0.25, 0.3) is 0 Å². The van der Waals surface area contributed by atoms with Crippen LogP contribution in [0.5, 0.6) is 0 Å². The number of sulfonamides is 1. The Morgan fingerprint density at radius 1 is 1.15 bits per heavy atom. The number of benzene rings is 2. The second kappa shape index (κ2) is 7.94. The van der Waals surface area contributed by atoms with Gasteiger partial charge in [-0.1, -0.05) is 23.7 Å². The first-order valence-electron chi connectivity index (χ1n) is 7.31. The van der Waals surface area contributed by atoms with Crippen LogP contribution in [0.2, 0.25) is 5.02 Å². The molecule has 0 saturated heterocycles. The normalized spacial score (nSPS) is 11.4.